The zero-order valence-corrected chi connectivity index (χ0v) is 20.2. The summed E-state index contributed by atoms with van der Waals surface area (Å²) in [7, 11) is 3.76. The summed E-state index contributed by atoms with van der Waals surface area (Å²) in [4.78, 5) is 9.76. The van der Waals surface area contributed by atoms with Crippen molar-refractivity contribution in [1.29, 1.82) is 0 Å². The van der Waals surface area contributed by atoms with Crippen LogP contribution in [0.4, 0.5) is 8.78 Å². The first-order chi connectivity index (χ1) is 16.0. The predicted molar refractivity (Wildman–Crippen MR) is 129 cm³/mol. The third-order valence-electron chi connectivity index (χ3n) is 5.63. The van der Waals surface area contributed by atoms with E-state index in [0.717, 1.165) is 37.5 Å². The van der Waals surface area contributed by atoms with Crippen LogP contribution in [-0.4, -0.2) is 33.3 Å². The Labute approximate surface area is 197 Å². The molecule has 1 fully saturated rings. The molecule has 2 aromatic rings. The number of nitrogens with one attached hydrogen (secondary N) is 1. The Hall–Kier alpha value is -2.31. The fraction of sp³-hybridized carbons (Fsp3) is 0.519. The van der Waals surface area contributed by atoms with Gasteiger partial charge in [0.05, 0.1) is 0 Å². The minimum Gasteiger partial charge on any atom is -0.463 e. The van der Waals surface area contributed by atoms with Gasteiger partial charge in [-0.15, -0.1) is 0 Å². The Morgan fingerprint density at radius 1 is 1.09 bits per heavy atom. The lowest BCUT2D eigenvalue weighted by atomic mass is 9.97. The van der Waals surface area contributed by atoms with E-state index in [0.29, 0.717) is 30.6 Å². The molecule has 3 rings (SSSR count). The molecule has 2 aromatic carbocycles. The normalized spacial score (nSPS) is 13.8. The van der Waals surface area contributed by atoms with Crippen LogP contribution in [0.25, 0.3) is 0 Å². The standard InChI is InChI=1S/C11H12F2.C8H19NO.C8H8O2/c12-9-5-6-10(11(13)7-9)8-3-1-2-4-8;1-4-5-8(9-2)6-7-10-3;9-7-10-6-8-4-2-1-3-5-8/h5-8H,1-4H2;8-9H,4-7H2,1-3H3;1-5,7H,6H2. The maximum atomic E-state index is 13.3. The van der Waals surface area contributed by atoms with Crippen LogP contribution in [0.1, 0.15) is 68.9 Å². The van der Waals surface area contributed by atoms with Gasteiger partial charge in [-0.05, 0) is 55.8 Å². The zero-order chi connectivity index (χ0) is 24.3. The van der Waals surface area contributed by atoms with Crippen LogP contribution >= 0.6 is 0 Å². The van der Waals surface area contributed by atoms with Gasteiger partial charge in [0.1, 0.15) is 18.2 Å². The molecule has 1 saturated carbocycles. The summed E-state index contributed by atoms with van der Waals surface area (Å²) in [6, 6.07) is 14.1. The van der Waals surface area contributed by atoms with Crippen molar-refractivity contribution in [2.45, 2.75) is 70.4 Å². The molecule has 1 aliphatic carbocycles. The van der Waals surface area contributed by atoms with E-state index >= 15 is 0 Å². The van der Waals surface area contributed by atoms with E-state index in [1.165, 1.54) is 31.7 Å². The summed E-state index contributed by atoms with van der Waals surface area (Å²) in [6.07, 6.45) is 8.05. The largest absolute Gasteiger partial charge is 0.463 e. The van der Waals surface area contributed by atoms with Gasteiger partial charge >= 0.3 is 0 Å². The van der Waals surface area contributed by atoms with Gasteiger partial charge in [-0.25, -0.2) is 8.78 Å². The Balaban J connectivity index is 0.000000252. The number of methoxy groups -OCH3 is 1. The second kappa shape index (κ2) is 18.2. The smallest absolute Gasteiger partial charge is 0.293 e. The molecule has 1 aliphatic rings. The molecule has 1 N–H and O–H groups in total. The molecule has 0 aromatic heterocycles. The number of halogens is 2. The summed E-state index contributed by atoms with van der Waals surface area (Å²) in [5.74, 6) is -0.549. The average molecular weight is 464 g/mol. The predicted octanol–water partition coefficient (Wildman–Crippen LogP) is 6.39. The molecule has 33 heavy (non-hydrogen) atoms. The van der Waals surface area contributed by atoms with Crippen LogP contribution in [0, 0.1) is 11.6 Å². The zero-order valence-electron chi connectivity index (χ0n) is 20.2. The van der Waals surface area contributed by atoms with Gasteiger partial charge in [0.15, 0.2) is 0 Å². The van der Waals surface area contributed by atoms with Gasteiger partial charge in [-0.3, -0.25) is 4.79 Å². The Bertz CT molecular complexity index is 752. The van der Waals surface area contributed by atoms with Crippen molar-refractivity contribution in [3.05, 3.63) is 71.3 Å². The van der Waals surface area contributed by atoms with Crippen LogP contribution < -0.4 is 5.32 Å². The number of hydrogen-bond acceptors (Lipinski definition) is 4. The van der Waals surface area contributed by atoms with E-state index in [4.69, 9.17) is 4.74 Å². The van der Waals surface area contributed by atoms with E-state index in [9.17, 15) is 13.6 Å². The van der Waals surface area contributed by atoms with Gasteiger partial charge in [-0.2, -0.15) is 0 Å². The van der Waals surface area contributed by atoms with Crippen molar-refractivity contribution >= 4 is 6.47 Å². The molecule has 4 nitrogen and oxygen atoms in total. The Kier molecular flexibility index (Phi) is 15.8. The number of rotatable bonds is 10. The van der Waals surface area contributed by atoms with Crippen LogP contribution in [-0.2, 0) is 20.9 Å². The van der Waals surface area contributed by atoms with Gasteiger partial charge in [0.25, 0.3) is 6.47 Å². The number of carbonyl (C=O) groups excluding carboxylic acids is 1. The average Bonchev–Trinajstić information content (AvgIpc) is 3.36. The molecule has 0 amide bonds. The SMILES string of the molecule is CCCC(CCOC)NC.Fc1ccc(C2CCCC2)c(F)c1.O=COCc1ccccc1. The molecule has 0 bridgehead atoms. The topological polar surface area (TPSA) is 47.6 Å². The summed E-state index contributed by atoms with van der Waals surface area (Å²) in [5.41, 5.74) is 1.70. The van der Waals surface area contributed by atoms with Crippen molar-refractivity contribution in [2.24, 2.45) is 0 Å². The maximum absolute atomic E-state index is 13.3. The number of benzene rings is 2. The highest BCUT2D eigenvalue weighted by Crippen LogP contribution is 2.35. The van der Waals surface area contributed by atoms with Crippen molar-refractivity contribution in [3.8, 4) is 0 Å². The van der Waals surface area contributed by atoms with Crippen LogP contribution in [0.5, 0.6) is 0 Å². The lowest BCUT2D eigenvalue weighted by molar-refractivity contribution is -0.129. The molecule has 0 saturated heterocycles. The van der Waals surface area contributed by atoms with Gasteiger partial charge < -0.3 is 14.8 Å². The molecular formula is C27H39F2NO3. The van der Waals surface area contributed by atoms with E-state index in [1.807, 2.05) is 37.4 Å². The fourth-order valence-electron chi connectivity index (χ4n) is 3.82. The third-order valence-corrected chi connectivity index (χ3v) is 5.63. The molecular weight excluding hydrogens is 424 g/mol. The Morgan fingerprint density at radius 3 is 2.33 bits per heavy atom. The fourth-order valence-corrected chi connectivity index (χ4v) is 3.82. The summed E-state index contributed by atoms with van der Waals surface area (Å²) in [5, 5.41) is 3.26. The van der Waals surface area contributed by atoms with E-state index in [1.54, 1.807) is 13.2 Å². The quantitative estimate of drug-likeness (QED) is 0.415. The van der Waals surface area contributed by atoms with Crippen molar-refractivity contribution in [3.63, 3.8) is 0 Å². The van der Waals surface area contributed by atoms with Crippen LogP contribution in [0.2, 0.25) is 0 Å². The van der Waals surface area contributed by atoms with E-state index in [2.05, 4.69) is 17.0 Å². The van der Waals surface area contributed by atoms with Crippen molar-refractivity contribution < 1.29 is 23.0 Å². The number of carbonyl (C=O) groups is 1. The number of ether oxygens (including phenoxy) is 2. The van der Waals surface area contributed by atoms with E-state index < -0.39 is 5.82 Å². The summed E-state index contributed by atoms with van der Waals surface area (Å²) in [6.45, 7) is 3.89. The summed E-state index contributed by atoms with van der Waals surface area (Å²) < 4.78 is 35.4. The lowest BCUT2D eigenvalue weighted by Crippen LogP contribution is -2.26. The van der Waals surface area contributed by atoms with Gasteiger partial charge in [0.2, 0.25) is 0 Å². The van der Waals surface area contributed by atoms with Crippen LogP contribution in [0.15, 0.2) is 48.5 Å². The third kappa shape index (κ3) is 12.5. The second-order valence-corrected chi connectivity index (χ2v) is 8.10. The molecule has 1 unspecified atom stereocenters. The molecule has 0 radical (unpaired) electrons. The van der Waals surface area contributed by atoms with Gasteiger partial charge in [-0.1, -0.05) is 62.6 Å². The molecule has 0 aliphatic heterocycles. The highest BCUT2D eigenvalue weighted by atomic mass is 19.1. The minimum atomic E-state index is -0.487. The second-order valence-electron chi connectivity index (χ2n) is 8.10. The van der Waals surface area contributed by atoms with Gasteiger partial charge in [0, 0.05) is 25.8 Å². The lowest BCUT2D eigenvalue weighted by Gasteiger charge is -2.13. The molecule has 1 atom stereocenters. The summed E-state index contributed by atoms with van der Waals surface area (Å²) >= 11 is 0. The molecule has 0 heterocycles. The molecule has 184 valence electrons. The van der Waals surface area contributed by atoms with Crippen molar-refractivity contribution in [1.82, 2.24) is 5.32 Å². The molecule has 0 spiro atoms. The first-order valence-electron chi connectivity index (χ1n) is 11.8. The number of hydrogen-bond donors (Lipinski definition) is 1. The van der Waals surface area contributed by atoms with Crippen LogP contribution in [0.3, 0.4) is 0 Å². The monoisotopic (exact) mass is 463 g/mol. The Morgan fingerprint density at radius 2 is 1.79 bits per heavy atom. The first kappa shape index (κ1) is 28.7. The first-order valence-corrected chi connectivity index (χ1v) is 11.8. The minimum absolute atomic E-state index is 0.320. The highest BCUT2D eigenvalue weighted by molar-refractivity contribution is 5.37. The van der Waals surface area contributed by atoms with E-state index in [-0.39, 0.29) is 5.82 Å². The maximum Gasteiger partial charge on any atom is 0.293 e. The highest BCUT2D eigenvalue weighted by Gasteiger charge is 2.20. The van der Waals surface area contributed by atoms with Crippen molar-refractivity contribution in [2.75, 3.05) is 20.8 Å². The molecule has 6 heteroatoms.